The molecule has 8 rings (SSSR count). The van der Waals surface area contributed by atoms with E-state index in [2.05, 4.69) is 15.0 Å². The van der Waals surface area contributed by atoms with Crippen LogP contribution in [0.25, 0.3) is 0 Å². The van der Waals surface area contributed by atoms with Crippen LogP contribution in [0.3, 0.4) is 0 Å². The highest BCUT2D eigenvalue weighted by molar-refractivity contribution is 7.16. The smallest absolute Gasteiger partial charge is 0.358 e. The number of aryl methyl sites for hydroxylation is 2. The molecular formula is C37H24F3N3O7S2. The molecule has 3 aromatic heterocycles. The number of rotatable bonds is 8. The van der Waals surface area contributed by atoms with Crippen LogP contribution in [0, 0.1) is 17.5 Å². The number of carbonyl (C=O) groups is 2. The molecule has 0 bridgehead atoms. The van der Waals surface area contributed by atoms with Crippen LogP contribution in [0.4, 0.5) is 13.2 Å². The molecule has 2 atom stereocenters. The predicted molar refractivity (Wildman–Crippen MR) is 181 cm³/mol. The maximum Gasteiger partial charge on any atom is 0.358 e. The molecule has 0 amide bonds. The third-order valence-corrected chi connectivity index (χ3v) is 10.0. The van der Waals surface area contributed by atoms with Crippen molar-refractivity contribution < 1.29 is 46.4 Å². The second-order valence-corrected chi connectivity index (χ2v) is 13.8. The van der Waals surface area contributed by atoms with Crippen molar-refractivity contribution in [1.29, 1.82) is 0 Å². The van der Waals surface area contributed by atoms with E-state index in [1.165, 1.54) is 18.5 Å². The molecule has 10 nitrogen and oxygen atoms in total. The maximum absolute atomic E-state index is 14.3. The summed E-state index contributed by atoms with van der Waals surface area (Å²) < 4.78 is 70.4. The summed E-state index contributed by atoms with van der Waals surface area (Å²) in [5.41, 5.74) is 2.55. The van der Waals surface area contributed by atoms with Crippen LogP contribution in [-0.4, -0.2) is 26.9 Å². The number of halogens is 3. The number of hydrogen-bond acceptors (Lipinski definition) is 12. The Balaban J connectivity index is 0.850. The highest BCUT2D eigenvalue weighted by Crippen LogP contribution is 2.40. The summed E-state index contributed by atoms with van der Waals surface area (Å²) >= 11 is 1.80. The van der Waals surface area contributed by atoms with E-state index in [4.69, 9.17) is 23.7 Å². The predicted octanol–water partition coefficient (Wildman–Crippen LogP) is 9.13. The normalized spacial score (nSPS) is 16.1. The fourth-order valence-electron chi connectivity index (χ4n) is 5.86. The molecule has 0 saturated heterocycles. The average Bonchev–Trinajstić information content (AvgIpc) is 3.82. The van der Waals surface area contributed by atoms with Gasteiger partial charge in [0.05, 0.1) is 18.6 Å². The third kappa shape index (κ3) is 7.18. The number of fused-ring (bicyclic) bond motifs is 2. The van der Waals surface area contributed by atoms with Crippen LogP contribution < -0.4 is 18.9 Å². The molecule has 0 aliphatic carbocycles. The fourth-order valence-corrected chi connectivity index (χ4v) is 7.19. The van der Waals surface area contributed by atoms with Crippen LogP contribution in [0.1, 0.15) is 66.6 Å². The highest BCUT2D eigenvalue weighted by atomic mass is 32.1. The first kappa shape index (κ1) is 33.3. The van der Waals surface area contributed by atoms with E-state index < -0.39 is 35.5 Å². The van der Waals surface area contributed by atoms with E-state index in [0.717, 1.165) is 58.2 Å². The second kappa shape index (κ2) is 14.1. The van der Waals surface area contributed by atoms with Gasteiger partial charge in [-0.05, 0) is 97.5 Å². The van der Waals surface area contributed by atoms with E-state index in [0.29, 0.717) is 54.2 Å². The fraction of sp³-hybridized carbons (Fsp3) is 0.162. The number of nitrogens with zero attached hydrogens (tertiary/aromatic N) is 3. The number of carbonyl (C=O) groups excluding carboxylic acids is 2. The Morgan fingerprint density at radius 2 is 1.27 bits per heavy atom. The lowest BCUT2D eigenvalue weighted by Gasteiger charge is -2.27. The van der Waals surface area contributed by atoms with Gasteiger partial charge in [-0.25, -0.2) is 32.7 Å². The van der Waals surface area contributed by atoms with E-state index in [-0.39, 0.29) is 31.8 Å². The first-order valence-corrected chi connectivity index (χ1v) is 17.6. The number of benzene rings is 3. The number of pyridine rings is 1. The van der Waals surface area contributed by atoms with Gasteiger partial charge in [-0.3, -0.25) is 4.98 Å². The van der Waals surface area contributed by atoms with Gasteiger partial charge >= 0.3 is 11.9 Å². The molecule has 0 spiro atoms. The van der Waals surface area contributed by atoms with Crippen molar-refractivity contribution in [1.82, 2.24) is 15.0 Å². The summed E-state index contributed by atoms with van der Waals surface area (Å²) in [6, 6.07) is 15.0. The van der Waals surface area contributed by atoms with Gasteiger partial charge in [-0.2, -0.15) is 0 Å². The van der Waals surface area contributed by atoms with Crippen molar-refractivity contribution in [2.45, 2.75) is 37.9 Å². The van der Waals surface area contributed by atoms with Gasteiger partial charge in [0.2, 0.25) is 0 Å². The number of thiazole rings is 2. The van der Waals surface area contributed by atoms with Gasteiger partial charge in [0.15, 0.2) is 0 Å². The van der Waals surface area contributed by atoms with Gasteiger partial charge in [-0.1, -0.05) is 22.7 Å². The molecule has 2 aliphatic rings. The van der Waals surface area contributed by atoms with E-state index >= 15 is 0 Å². The van der Waals surface area contributed by atoms with Crippen molar-refractivity contribution in [3.8, 4) is 33.4 Å². The van der Waals surface area contributed by atoms with Crippen molar-refractivity contribution in [2.24, 2.45) is 0 Å². The lowest BCUT2D eigenvalue weighted by molar-refractivity contribution is 0.0404. The molecule has 0 radical (unpaired) electrons. The molecule has 3 aromatic carbocycles. The first-order chi connectivity index (χ1) is 25.2. The molecule has 52 heavy (non-hydrogen) atoms. The number of hydrogen-bond donors (Lipinski definition) is 0. The summed E-state index contributed by atoms with van der Waals surface area (Å²) in [6.07, 6.45) is 6.57. The van der Waals surface area contributed by atoms with Gasteiger partial charge in [0.1, 0.15) is 62.4 Å². The van der Waals surface area contributed by atoms with Gasteiger partial charge in [0, 0.05) is 17.3 Å². The van der Waals surface area contributed by atoms with Gasteiger partial charge < -0.3 is 23.7 Å². The summed E-state index contributed by atoms with van der Waals surface area (Å²) in [5.74, 6) is -1.22. The number of aromatic nitrogens is 3. The third-order valence-electron chi connectivity index (χ3n) is 8.32. The van der Waals surface area contributed by atoms with Crippen molar-refractivity contribution in [3.05, 3.63) is 135 Å². The minimum absolute atomic E-state index is 0.0396. The SMILES string of the molecule is O=C(OC(=O)c1cnc(Oc2ccc3c(c2)CCC(c2cc(F)ccc2F)O3)s1)c1cnc(Oc2ccc3c(c2)CCC(c2cncc(F)c2)O3)s1. The Labute approximate surface area is 301 Å². The molecule has 5 heterocycles. The molecule has 262 valence electrons. The van der Waals surface area contributed by atoms with E-state index in [1.807, 2.05) is 6.07 Å². The molecule has 0 saturated carbocycles. The van der Waals surface area contributed by atoms with Crippen LogP contribution in [0.5, 0.6) is 33.4 Å². The van der Waals surface area contributed by atoms with Crippen LogP contribution >= 0.6 is 22.7 Å². The molecule has 0 N–H and O–H groups in total. The van der Waals surface area contributed by atoms with Crippen molar-refractivity contribution >= 4 is 34.6 Å². The number of ether oxygens (including phenoxy) is 5. The lowest BCUT2D eigenvalue weighted by atomic mass is 9.97. The minimum atomic E-state index is -0.912. The van der Waals surface area contributed by atoms with Gasteiger partial charge in [0.25, 0.3) is 10.4 Å². The van der Waals surface area contributed by atoms with Crippen LogP contribution in [0.15, 0.2) is 85.5 Å². The topological polar surface area (TPSA) is 119 Å². The highest BCUT2D eigenvalue weighted by Gasteiger charge is 2.26. The summed E-state index contributed by atoms with van der Waals surface area (Å²) in [5, 5.41) is 0.307. The zero-order chi connectivity index (χ0) is 35.8. The van der Waals surface area contributed by atoms with E-state index in [9.17, 15) is 22.8 Å². The Kier molecular flexibility index (Phi) is 9.03. The first-order valence-electron chi connectivity index (χ1n) is 15.9. The molecule has 0 fully saturated rings. The largest absolute Gasteiger partial charge is 0.485 e. The van der Waals surface area contributed by atoms with Crippen LogP contribution in [0.2, 0.25) is 0 Å². The van der Waals surface area contributed by atoms with Crippen LogP contribution in [-0.2, 0) is 17.6 Å². The molecule has 2 unspecified atom stereocenters. The van der Waals surface area contributed by atoms with Crippen molar-refractivity contribution in [3.63, 3.8) is 0 Å². The minimum Gasteiger partial charge on any atom is -0.485 e. The quantitative estimate of drug-likeness (QED) is 0.110. The Morgan fingerprint density at radius 1 is 0.673 bits per heavy atom. The van der Waals surface area contributed by atoms with Gasteiger partial charge in [-0.15, -0.1) is 0 Å². The number of esters is 2. The Bertz CT molecular complexity index is 2330. The average molecular weight is 744 g/mol. The zero-order valence-electron chi connectivity index (χ0n) is 26.7. The second-order valence-electron chi connectivity index (χ2n) is 11.8. The molecule has 15 heteroatoms. The maximum atomic E-state index is 14.3. The van der Waals surface area contributed by atoms with E-state index in [1.54, 1.807) is 36.5 Å². The standard InChI is InChI=1S/C37H24F3N3O7S2/c38-22-3-6-27(40)26(14-22)31-8-2-20-13-25(5-10-29(20)49-31)47-37-43-18-33(52-37)35(45)50-34(44)32-17-42-36(51-32)46-24-4-9-28-19(12-24)1-7-30(48-28)21-11-23(39)16-41-15-21/h3-6,9-18,30-31H,1-2,7-8H2. The molecular weight excluding hydrogens is 720 g/mol. The Hall–Kier alpha value is -5.80. The monoisotopic (exact) mass is 743 g/mol. The summed E-state index contributed by atoms with van der Waals surface area (Å²) in [4.78, 5) is 37.8. The Morgan fingerprint density at radius 3 is 1.88 bits per heavy atom. The summed E-state index contributed by atoms with van der Waals surface area (Å²) in [7, 11) is 0. The summed E-state index contributed by atoms with van der Waals surface area (Å²) in [6.45, 7) is 0. The lowest BCUT2D eigenvalue weighted by Crippen LogP contribution is -2.16. The van der Waals surface area contributed by atoms with Crippen molar-refractivity contribution in [2.75, 3.05) is 0 Å². The molecule has 6 aromatic rings. The zero-order valence-corrected chi connectivity index (χ0v) is 28.3. The molecule has 2 aliphatic heterocycles.